The fraction of sp³-hybridized carbons (Fsp3) is 0.583. The first-order valence-electron chi connectivity index (χ1n) is 11.2. The summed E-state index contributed by atoms with van der Waals surface area (Å²) in [6, 6.07) is 5.47. The zero-order chi connectivity index (χ0) is 21.0. The van der Waals surface area contributed by atoms with E-state index in [1.54, 1.807) is 6.07 Å². The molecule has 4 aliphatic heterocycles. The van der Waals surface area contributed by atoms with Crippen LogP contribution in [0.3, 0.4) is 0 Å². The van der Waals surface area contributed by atoms with Gasteiger partial charge >= 0.3 is 0 Å². The molecule has 2 fully saturated rings. The number of likely N-dealkylation sites (tertiary alicyclic amines) is 1. The minimum Gasteiger partial charge on any atom is -0.508 e. The van der Waals surface area contributed by atoms with Gasteiger partial charge in [0.2, 0.25) is 11.8 Å². The van der Waals surface area contributed by atoms with E-state index in [2.05, 4.69) is 13.8 Å². The lowest BCUT2D eigenvalue weighted by Gasteiger charge is -2.34. The Morgan fingerprint density at radius 1 is 1.33 bits per heavy atom. The number of phenols is 1. The Morgan fingerprint density at radius 3 is 2.90 bits per heavy atom. The number of aromatic hydroxyl groups is 1. The van der Waals surface area contributed by atoms with Crippen LogP contribution < -0.4 is 0 Å². The third-order valence-electron chi connectivity index (χ3n) is 7.65. The van der Waals surface area contributed by atoms with Crippen molar-refractivity contribution < 1.29 is 19.4 Å². The predicted octanol–water partition coefficient (Wildman–Crippen LogP) is 2.50. The number of rotatable bonds is 5. The fourth-order valence-corrected chi connectivity index (χ4v) is 5.86. The van der Waals surface area contributed by atoms with Gasteiger partial charge in [0.05, 0.1) is 24.5 Å². The van der Waals surface area contributed by atoms with E-state index < -0.39 is 17.4 Å². The molecule has 2 amide bonds. The van der Waals surface area contributed by atoms with Crippen molar-refractivity contribution in [2.45, 2.75) is 51.4 Å². The number of carbonyl (C=O) groups excluding carboxylic acids is 2. The number of benzene rings is 1. The third kappa shape index (κ3) is 2.80. The third-order valence-corrected chi connectivity index (χ3v) is 7.65. The molecule has 0 aliphatic carbocycles. The van der Waals surface area contributed by atoms with Gasteiger partial charge in [-0.3, -0.25) is 9.59 Å². The summed E-state index contributed by atoms with van der Waals surface area (Å²) in [6.07, 6.45) is 6.41. The average Bonchev–Trinajstić information content (AvgIpc) is 3.39. The Labute approximate surface area is 177 Å². The molecule has 5 rings (SSSR count). The Kier molecular flexibility index (Phi) is 4.65. The number of hydrogen-bond donors (Lipinski definition) is 1. The van der Waals surface area contributed by atoms with E-state index >= 15 is 0 Å². The highest BCUT2D eigenvalue weighted by Gasteiger charge is 2.67. The molecular weight excluding hydrogens is 380 g/mol. The minimum atomic E-state index is -0.639. The Hall–Kier alpha value is -2.34. The van der Waals surface area contributed by atoms with E-state index in [1.165, 1.54) is 0 Å². The van der Waals surface area contributed by atoms with Crippen LogP contribution in [0.15, 0.2) is 30.4 Å². The summed E-state index contributed by atoms with van der Waals surface area (Å²) in [6.45, 7) is 6.65. The van der Waals surface area contributed by atoms with Crippen LogP contribution in [0.2, 0.25) is 0 Å². The zero-order valence-corrected chi connectivity index (χ0v) is 17.7. The number of ether oxygens (including phenoxy) is 1. The lowest BCUT2D eigenvalue weighted by molar-refractivity contribution is -0.144. The lowest BCUT2D eigenvalue weighted by Crippen LogP contribution is -2.47. The van der Waals surface area contributed by atoms with Gasteiger partial charge in [-0.2, -0.15) is 0 Å². The van der Waals surface area contributed by atoms with Crippen molar-refractivity contribution in [1.82, 2.24) is 9.80 Å². The van der Waals surface area contributed by atoms with E-state index in [0.29, 0.717) is 37.7 Å². The predicted molar refractivity (Wildman–Crippen MR) is 112 cm³/mol. The molecule has 1 aromatic rings. The smallest absolute Gasteiger partial charge is 0.230 e. The molecule has 1 spiro atoms. The molecule has 0 radical (unpaired) electrons. The number of nitrogens with zero attached hydrogens (tertiary/aromatic N) is 2. The van der Waals surface area contributed by atoms with Crippen molar-refractivity contribution in [2.24, 2.45) is 17.8 Å². The van der Waals surface area contributed by atoms with Crippen LogP contribution in [0.4, 0.5) is 0 Å². The Morgan fingerprint density at radius 2 is 2.13 bits per heavy atom. The number of phenolic OH excluding ortho intramolecular Hbond substituents is 1. The normalized spacial score (nSPS) is 31.6. The highest BCUT2D eigenvalue weighted by molar-refractivity contribution is 5.93. The first kappa shape index (κ1) is 19.6. The molecule has 160 valence electrons. The van der Waals surface area contributed by atoms with Gasteiger partial charge in [0.1, 0.15) is 11.4 Å². The van der Waals surface area contributed by atoms with Crippen LogP contribution in [-0.2, 0) is 27.3 Å². The topological polar surface area (TPSA) is 70.1 Å². The van der Waals surface area contributed by atoms with Gasteiger partial charge in [-0.25, -0.2) is 0 Å². The van der Waals surface area contributed by atoms with Crippen LogP contribution in [0.25, 0.3) is 0 Å². The van der Waals surface area contributed by atoms with E-state index in [4.69, 9.17) is 4.74 Å². The van der Waals surface area contributed by atoms with E-state index in [0.717, 1.165) is 30.5 Å². The van der Waals surface area contributed by atoms with Crippen molar-refractivity contribution in [2.75, 3.05) is 19.6 Å². The molecule has 4 heterocycles. The minimum absolute atomic E-state index is 0.00273. The Balaban J connectivity index is 1.37. The molecule has 4 atom stereocenters. The highest BCUT2D eigenvalue weighted by atomic mass is 16.5. The maximum absolute atomic E-state index is 13.6. The second-order valence-electron chi connectivity index (χ2n) is 9.23. The SMILES string of the molecule is CCC(CC)CN1C[C@]23C=C[C@H](O2)[C@H](C(=O)N2CCc4c(O)cccc4C2)[C@@H]3C1=O. The van der Waals surface area contributed by atoms with E-state index in [9.17, 15) is 14.7 Å². The van der Waals surface area contributed by atoms with Gasteiger partial charge in [-0.05, 0) is 24.0 Å². The molecule has 1 aromatic carbocycles. The molecule has 0 saturated carbocycles. The summed E-state index contributed by atoms with van der Waals surface area (Å²) >= 11 is 0. The fourth-order valence-electron chi connectivity index (χ4n) is 5.86. The molecule has 4 aliphatic rings. The highest BCUT2D eigenvalue weighted by Crippen LogP contribution is 2.52. The molecule has 30 heavy (non-hydrogen) atoms. The van der Waals surface area contributed by atoms with Crippen molar-refractivity contribution in [3.05, 3.63) is 41.5 Å². The van der Waals surface area contributed by atoms with Crippen LogP contribution >= 0.6 is 0 Å². The second kappa shape index (κ2) is 7.12. The maximum Gasteiger partial charge on any atom is 0.230 e. The summed E-state index contributed by atoms with van der Waals surface area (Å²) in [7, 11) is 0. The van der Waals surface area contributed by atoms with Gasteiger partial charge in [0.15, 0.2) is 0 Å². The molecule has 1 N–H and O–H groups in total. The lowest BCUT2D eigenvalue weighted by atomic mass is 9.76. The molecule has 2 bridgehead atoms. The largest absolute Gasteiger partial charge is 0.508 e. The van der Waals surface area contributed by atoms with Crippen molar-refractivity contribution in [1.29, 1.82) is 0 Å². The van der Waals surface area contributed by atoms with E-state index in [1.807, 2.05) is 34.1 Å². The molecule has 6 heteroatoms. The molecule has 0 unspecified atom stereocenters. The molecular formula is C24H30N2O4. The molecule has 6 nitrogen and oxygen atoms in total. The van der Waals surface area contributed by atoms with Gasteiger partial charge in [-0.15, -0.1) is 0 Å². The first-order chi connectivity index (χ1) is 14.5. The molecule has 0 aromatic heterocycles. The van der Waals surface area contributed by atoms with Crippen molar-refractivity contribution >= 4 is 11.8 Å². The van der Waals surface area contributed by atoms with Crippen molar-refractivity contribution in [3.8, 4) is 5.75 Å². The maximum atomic E-state index is 13.6. The number of hydrogen-bond acceptors (Lipinski definition) is 4. The summed E-state index contributed by atoms with van der Waals surface area (Å²) in [4.78, 5) is 30.7. The monoisotopic (exact) mass is 410 g/mol. The Bertz CT molecular complexity index is 908. The van der Waals surface area contributed by atoms with E-state index in [-0.39, 0.29) is 17.9 Å². The number of carbonyl (C=O) groups is 2. The standard InChI is InChI=1S/C24H30N2O4/c1-3-15(4-2)12-26-14-24-10-8-19(30-24)20(21(24)23(26)29)22(28)25-11-9-17-16(13-25)6-5-7-18(17)27/h5-8,10,15,19-21,27H,3-4,9,11-14H2,1-2H3/t19-,20-,21+,24-/m0/s1. The molecule has 2 saturated heterocycles. The number of amides is 2. The number of fused-ring (bicyclic) bond motifs is 2. The summed E-state index contributed by atoms with van der Waals surface area (Å²) in [5, 5.41) is 10.1. The van der Waals surface area contributed by atoms with Gasteiger partial charge < -0.3 is 19.6 Å². The zero-order valence-electron chi connectivity index (χ0n) is 17.7. The van der Waals surface area contributed by atoms with Crippen LogP contribution in [0.5, 0.6) is 5.75 Å². The van der Waals surface area contributed by atoms with Crippen LogP contribution in [0, 0.1) is 17.8 Å². The van der Waals surface area contributed by atoms with Gasteiger partial charge in [0, 0.05) is 25.2 Å². The second-order valence-corrected chi connectivity index (χ2v) is 9.23. The quantitative estimate of drug-likeness (QED) is 0.758. The first-order valence-corrected chi connectivity index (χ1v) is 11.2. The summed E-state index contributed by atoms with van der Waals surface area (Å²) in [5.74, 6) is -0.0170. The summed E-state index contributed by atoms with van der Waals surface area (Å²) < 4.78 is 6.29. The van der Waals surface area contributed by atoms with Gasteiger partial charge in [0.25, 0.3) is 0 Å². The van der Waals surface area contributed by atoms with Crippen LogP contribution in [-0.4, -0.2) is 58.1 Å². The van der Waals surface area contributed by atoms with Crippen molar-refractivity contribution in [3.63, 3.8) is 0 Å². The average molecular weight is 411 g/mol. The van der Waals surface area contributed by atoms with Gasteiger partial charge in [-0.1, -0.05) is 51.0 Å². The van der Waals surface area contributed by atoms with Crippen LogP contribution in [0.1, 0.15) is 37.8 Å². The summed E-state index contributed by atoms with van der Waals surface area (Å²) in [5.41, 5.74) is 1.27.